The topological polar surface area (TPSA) is 134 Å². The van der Waals surface area contributed by atoms with Gasteiger partial charge in [-0.2, -0.15) is 0 Å². The van der Waals surface area contributed by atoms with Gasteiger partial charge in [-0.05, 0) is 31.5 Å². The third kappa shape index (κ3) is 7.34. The number of rotatable bonds is 9. The van der Waals surface area contributed by atoms with Crippen molar-refractivity contribution in [2.24, 2.45) is 0 Å². The van der Waals surface area contributed by atoms with E-state index in [1.165, 1.54) is 0 Å². The van der Waals surface area contributed by atoms with E-state index in [2.05, 4.69) is 20.1 Å². The van der Waals surface area contributed by atoms with Crippen molar-refractivity contribution in [2.45, 2.75) is 26.8 Å². The fraction of sp³-hybridized carbons (Fsp3) is 0.556. The molecular formula is C27H37N5O7. The fourth-order valence-corrected chi connectivity index (χ4v) is 4.84. The van der Waals surface area contributed by atoms with Gasteiger partial charge < -0.3 is 29.4 Å². The highest BCUT2D eigenvalue weighted by Crippen LogP contribution is 2.28. The minimum absolute atomic E-state index is 0.0624. The van der Waals surface area contributed by atoms with Crippen molar-refractivity contribution in [3.8, 4) is 0 Å². The van der Waals surface area contributed by atoms with Crippen LogP contribution in [0.1, 0.15) is 36.2 Å². The van der Waals surface area contributed by atoms with Gasteiger partial charge in [-0.15, -0.1) is 0 Å². The molecule has 12 heteroatoms. The van der Waals surface area contributed by atoms with Crippen LogP contribution in [0.3, 0.4) is 0 Å². The molecule has 12 nitrogen and oxygen atoms in total. The number of carbonyl (C=O) groups excluding carboxylic acids is 4. The van der Waals surface area contributed by atoms with Gasteiger partial charge in [0, 0.05) is 75.9 Å². The number of fused-ring (bicyclic) bond motifs is 1. The van der Waals surface area contributed by atoms with Crippen LogP contribution < -0.4 is 5.32 Å². The number of nitrogens with one attached hydrogen (secondary N) is 2. The Morgan fingerprint density at radius 3 is 2.36 bits per heavy atom. The summed E-state index contributed by atoms with van der Waals surface area (Å²) >= 11 is 0. The van der Waals surface area contributed by atoms with E-state index in [0.29, 0.717) is 31.6 Å². The van der Waals surface area contributed by atoms with E-state index in [1.807, 2.05) is 11.1 Å². The number of carbonyl (C=O) groups is 4. The molecule has 212 valence electrons. The SMILES string of the molecule is CCOC(=O)C(=O)Nc1cc2[nH]cc(CN3CCN(C(=O)CCN4CCOCC4)CC3)c2cc1C(=O)OCC. The van der Waals surface area contributed by atoms with Gasteiger partial charge >= 0.3 is 17.8 Å². The molecule has 3 heterocycles. The minimum Gasteiger partial charge on any atom is -0.462 e. The summed E-state index contributed by atoms with van der Waals surface area (Å²) in [5.74, 6) is -2.41. The number of morpholine rings is 1. The third-order valence-electron chi connectivity index (χ3n) is 6.97. The summed E-state index contributed by atoms with van der Waals surface area (Å²) < 4.78 is 15.3. The summed E-state index contributed by atoms with van der Waals surface area (Å²) in [6, 6.07) is 3.29. The first-order valence-electron chi connectivity index (χ1n) is 13.5. The Kier molecular flexibility index (Phi) is 9.90. The molecule has 2 aliphatic rings. The highest BCUT2D eigenvalue weighted by molar-refractivity contribution is 6.37. The number of hydrogen-bond acceptors (Lipinski definition) is 9. The van der Waals surface area contributed by atoms with E-state index in [1.54, 1.807) is 26.0 Å². The molecule has 39 heavy (non-hydrogen) atoms. The van der Waals surface area contributed by atoms with Crippen LogP contribution in [0.25, 0.3) is 10.9 Å². The van der Waals surface area contributed by atoms with E-state index in [0.717, 1.165) is 56.9 Å². The zero-order valence-electron chi connectivity index (χ0n) is 22.6. The van der Waals surface area contributed by atoms with Crippen LogP contribution in [0.4, 0.5) is 5.69 Å². The molecule has 2 fully saturated rings. The maximum atomic E-state index is 12.7. The lowest BCUT2D eigenvalue weighted by molar-refractivity contribution is -0.152. The Morgan fingerprint density at radius 1 is 0.949 bits per heavy atom. The number of piperazine rings is 1. The Morgan fingerprint density at radius 2 is 1.67 bits per heavy atom. The van der Waals surface area contributed by atoms with Crippen molar-refractivity contribution in [3.63, 3.8) is 0 Å². The van der Waals surface area contributed by atoms with Crippen LogP contribution in [0.5, 0.6) is 0 Å². The first kappa shape index (κ1) is 28.5. The molecule has 0 radical (unpaired) electrons. The van der Waals surface area contributed by atoms with E-state index < -0.39 is 17.8 Å². The number of anilines is 1. The number of aromatic nitrogens is 1. The monoisotopic (exact) mass is 543 g/mol. The molecule has 2 N–H and O–H groups in total. The summed E-state index contributed by atoms with van der Waals surface area (Å²) in [5, 5.41) is 3.29. The third-order valence-corrected chi connectivity index (χ3v) is 6.97. The summed E-state index contributed by atoms with van der Waals surface area (Å²) in [4.78, 5) is 59.2. The first-order chi connectivity index (χ1) is 18.9. The standard InChI is InChI=1S/C27H37N5O7/c1-3-38-26(35)21-15-20-19(17-28-22(20)16-23(21)29-25(34)27(36)39-4-2)18-31-7-9-32(10-8-31)24(33)5-6-30-11-13-37-14-12-30/h15-17,28H,3-14,18H2,1-2H3,(H,29,34). The molecule has 1 aromatic heterocycles. The quantitative estimate of drug-likeness (QED) is 0.354. The summed E-state index contributed by atoms with van der Waals surface area (Å²) in [6.07, 6.45) is 2.39. The molecule has 2 aliphatic heterocycles. The zero-order valence-corrected chi connectivity index (χ0v) is 22.6. The van der Waals surface area contributed by atoms with Crippen LogP contribution in [-0.4, -0.2) is 116 Å². The van der Waals surface area contributed by atoms with E-state index in [9.17, 15) is 19.2 Å². The van der Waals surface area contributed by atoms with Gasteiger partial charge in [0.1, 0.15) is 0 Å². The van der Waals surface area contributed by atoms with Crippen LogP contribution >= 0.6 is 0 Å². The van der Waals surface area contributed by atoms with Gasteiger partial charge in [0.15, 0.2) is 0 Å². The highest BCUT2D eigenvalue weighted by Gasteiger charge is 2.25. The van der Waals surface area contributed by atoms with Gasteiger partial charge in [-0.3, -0.25) is 19.4 Å². The normalized spacial score (nSPS) is 16.7. The molecule has 0 atom stereocenters. The van der Waals surface area contributed by atoms with Crippen molar-refractivity contribution >= 4 is 40.3 Å². The van der Waals surface area contributed by atoms with E-state index in [4.69, 9.17) is 14.2 Å². The second-order valence-electron chi connectivity index (χ2n) is 9.51. The summed E-state index contributed by atoms with van der Waals surface area (Å²) in [7, 11) is 0. The zero-order chi connectivity index (χ0) is 27.8. The van der Waals surface area contributed by atoms with E-state index in [-0.39, 0.29) is 30.4 Å². The Balaban J connectivity index is 1.40. The lowest BCUT2D eigenvalue weighted by Crippen LogP contribution is -2.49. The molecule has 1 aromatic carbocycles. The van der Waals surface area contributed by atoms with Crippen molar-refractivity contribution in [1.29, 1.82) is 0 Å². The minimum atomic E-state index is -1.03. The molecule has 2 saturated heterocycles. The average Bonchev–Trinajstić information content (AvgIpc) is 3.33. The molecule has 2 aromatic rings. The second-order valence-corrected chi connectivity index (χ2v) is 9.51. The van der Waals surface area contributed by atoms with Gasteiger partial charge in [-0.25, -0.2) is 9.59 Å². The van der Waals surface area contributed by atoms with Crippen molar-refractivity contribution in [2.75, 3.05) is 77.6 Å². The molecule has 2 amide bonds. The predicted molar refractivity (Wildman–Crippen MR) is 143 cm³/mol. The Hall–Kier alpha value is -3.48. The molecule has 4 rings (SSSR count). The predicted octanol–water partition coefficient (Wildman–Crippen LogP) is 1.21. The first-order valence-corrected chi connectivity index (χ1v) is 13.5. The molecule has 0 unspecified atom stereocenters. The van der Waals surface area contributed by atoms with Crippen molar-refractivity contribution in [3.05, 3.63) is 29.5 Å². The fourth-order valence-electron chi connectivity index (χ4n) is 4.84. The lowest BCUT2D eigenvalue weighted by atomic mass is 10.1. The van der Waals surface area contributed by atoms with Crippen LogP contribution in [-0.2, 0) is 35.1 Å². The number of amides is 2. The maximum Gasteiger partial charge on any atom is 0.397 e. The highest BCUT2D eigenvalue weighted by atomic mass is 16.5. The molecule has 0 aliphatic carbocycles. The van der Waals surface area contributed by atoms with E-state index >= 15 is 0 Å². The Bertz CT molecular complexity index is 1180. The molecule has 0 bridgehead atoms. The number of benzene rings is 1. The average molecular weight is 544 g/mol. The van der Waals surface area contributed by atoms with Gasteiger partial charge in [-0.1, -0.05) is 0 Å². The Labute approximate surface area is 227 Å². The van der Waals surface area contributed by atoms with Gasteiger partial charge in [0.25, 0.3) is 0 Å². The number of H-pyrrole nitrogens is 1. The van der Waals surface area contributed by atoms with Gasteiger partial charge in [0.2, 0.25) is 5.91 Å². The van der Waals surface area contributed by atoms with Crippen LogP contribution in [0.2, 0.25) is 0 Å². The van der Waals surface area contributed by atoms with Crippen molar-refractivity contribution < 1.29 is 33.4 Å². The maximum absolute atomic E-state index is 12.7. The summed E-state index contributed by atoms with van der Waals surface area (Å²) in [6.45, 7) is 11.0. The van der Waals surface area contributed by atoms with Gasteiger partial charge in [0.05, 0.1) is 37.7 Å². The lowest BCUT2D eigenvalue weighted by Gasteiger charge is -2.35. The van der Waals surface area contributed by atoms with Crippen LogP contribution in [0.15, 0.2) is 18.3 Å². The molecule has 0 saturated carbocycles. The number of hydrogen-bond donors (Lipinski definition) is 2. The second kappa shape index (κ2) is 13.5. The number of ether oxygens (including phenoxy) is 3. The smallest absolute Gasteiger partial charge is 0.397 e. The largest absolute Gasteiger partial charge is 0.462 e. The molecule has 0 spiro atoms. The number of nitrogens with zero attached hydrogens (tertiary/aromatic N) is 3. The number of aromatic amines is 1. The van der Waals surface area contributed by atoms with Crippen molar-refractivity contribution in [1.82, 2.24) is 19.7 Å². The van der Waals surface area contributed by atoms with Crippen LogP contribution in [0, 0.1) is 0 Å². The summed E-state index contributed by atoms with van der Waals surface area (Å²) in [5.41, 5.74) is 2.00. The number of esters is 2. The molecular weight excluding hydrogens is 506 g/mol.